The second-order valence-electron chi connectivity index (χ2n) is 9.65. The number of fused-ring (bicyclic) bond motifs is 2. The molecule has 0 spiro atoms. The van der Waals surface area contributed by atoms with E-state index in [4.69, 9.17) is 14.2 Å². The Balaban J connectivity index is 1.27. The topological polar surface area (TPSA) is 105 Å². The van der Waals surface area contributed by atoms with Crippen LogP contribution in [0.3, 0.4) is 0 Å². The molecule has 1 saturated carbocycles. The van der Waals surface area contributed by atoms with E-state index in [0.717, 1.165) is 5.56 Å². The maximum atomic E-state index is 13.7. The summed E-state index contributed by atoms with van der Waals surface area (Å²) in [5.74, 6) is 0.229. The van der Waals surface area contributed by atoms with Gasteiger partial charge in [-0.1, -0.05) is 6.07 Å². The molecule has 1 N–H and O–H groups in total. The van der Waals surface area contributed by atoms with E-state index in [2.05, 4.69) is 19.8 Å². The molecule has 3 aromatic rings. The van der Waals surface area contributed by atoms with Crippen LogP contribution in [0, 0.1) is 0 Å². The van der Waals surface area contributed by atoms with Gasteiger partial charge in [0.25, 0.3) is 0 Å². The SMILES string of the molecule is COC(=O)c1ccc([C@@H]2C[C@H](NC(=O)C3(c4ccc5c(c4)OC(F)(F)O5)CC3)c3ccc(OC)cc3O2)nc1. The number of hydrogen-bond acceptors (Lipinski definition) is 8. The summed E-state index contributed by atoms with van der Waals surface area (Å²) in [6.07, 6.45) is -1.34. The fraction of sp³-hybridized carbons (Fsp3) is 0.321. The van der Waals surface area contributed by atoms with E-state index in [1.165, 1.54) is 25.4 Å². The molecule has 3 heterocycles. The first-order valence-corrected chi connectivity index (χ1v) is 12.3. The van der Waals surface area contributed by atoms with Crippen LogP contribution < -0.4 is 24.3 Å². The van der Waals surface area contributed by atoms with Crippen LogP contribution in [0.4, 0.5) is 8.78 Å². The van der Waals surface area contributed by atoms with E-state index in [9.17, 15) is 18.4 Å². The monoisotopic (exact) mass is 538 g/mol. The average Bonchev–Trinajstić information content (AvgIpc) is 3.69. The smallest absolute Gasteiger partial charge is 0.497 e. The van der Waals surface area contributed by atoms with Gasteiger partial charge in [0, 0.05) is 24.2 Å². The molecule has 9 nitrogen and oxygen atoms in total. The van der Waals surface area contributed by atoms with E-state index in [1.807, 2.05) is 6.07 Å². The Hall–Kier alpha value is -4.41. The van der Waals surface area contributed by atoms with Crippen LogP contribution in [0.2, 0.25) is 0 Å². The van der Waals surface area contributed by atoms with Crippen molar-refractivity contribution in [1.82, 2.24) is 10.3 Å². The number of rotatable bonds is 6. The zero-order valence-electron chi connectivity index (χ0n) is 21.0. The molecule has 1 fully saturated rings. The van der Waals surface area contributed by atoms with Gasteiger partial charge in [-0.3, -0.25) is 9.78 Å². The summed E-state index contributed by atoms with van der Waals surface area (Å²) in [6, 6.07) is 12.7. The van der Waals surface area contributed by atoms with E-state index in [-0.39, 0.29) is 17.4 Å². The molecule has 2 atom stereocenters. The van der Waals surface area contributed by atoms with Gasteiger partial charge >= 0.3 is 12.3 Å². The lowest BCUT2D eigenvalue weighted by Crippen LogP contribution is -2.39. The molecular formula is C28H24F2N2O7. The average molecular weight is 539 g/mol. The van der Waals surface area contributed by atoms with Gasteiger partial charge in [-0.05, 0) is 54.8 Å². The maximum absolute atomic E-state index is 13.7. The van der Waals surface area contributed by atoms with Crippen molar-refractivity contribution in [3.8, 4) is 23.0 Å². The Morgan fingerprint density at radius 1 is 1.00 bits per heavy atom. The van der Waals surface area contributed by atoms with Gasteiger partial charge < -0.3 is 29.0 Å². The highest BCUT2D eigenvalue weighted by atomic mass is 19.3. The lowest BCUT2D eigenvalue weighted by molar-refractivity contribution is -0.286. The van der Waals surface area contributed by atoms with Gasteiger partial charge in [-0.15, -0.1) is 8.78 Å². The Labute approximate surface area is 222 Å². The van der Waals surface area contributed by atoms with Gasteiger partial charge in [0.2, 0.25) is 5.91 Å². The van der Waals surface area contributed by atoms with Crippen molar-refractivity contribution in [3.05, 3.63) is 77.1 Å². The normalized spacial score (nSPS) is 21.2. The number of esters is 1. The fourth-order valence-corrected chi connectivity index (χ4v) is 5.04. The van der Waals surface area contributed by atoms with E-state index in [0.29, 0.717) is 47.6 Å². The van der Waals surface area contributed by atoms with Crippen molar-refractivity contribution in [2.75, 3.05) is 14.2 Å². The molecular weight excluding hydrogens is 514 g/mol. The first-order chi connectivity index (χ1) is 18.7. The third-order valence-corrected chi connectivity index (χ3v) is 7.30. The number of ether oxygens (including phenoxy) is 5. The molecule has 0 bridgehead atoms. The number of methoxy groups -OCH3 is 2. The Morgan fingerprint density at radius 3 is 2.49 bits per heavy atom. The minimum absolute atomic E-state index is 0.0687. The van der Waals surface area contributed by atoms with Crippen LogP contribution in [0.25, 0.3) is 0 Å². The third-order valence-electron chi connectivity index (χ3n) is 7.30. The van der Waals surface area contributed by atoms with E-state index < -0.39 is 29.8 Å². The van der Waals surface area contributed by atoms with Crippen LogP contribution >= 0.6 is 0 Å². The summed E-state index contributed by atoms with van der Waals surface area (Å²) >= 11 is 0. The molecule has 0 radical (unpaired) electrons. The van der Waals surface area contributed by atoms with Gasteiger partial charge in [0.1, 0.15) is 17.6 Å². The number of nitrogens with one attached hydrogen (secondary N) is 1. The molecule has 0 unspecified atom stereocenters. The summed E-state index contributed by atoms with van der Waals surface area (Å²) in [7, 11) is 2.84. The number of pyridine rings is 1. The van der Waals surface area contributed by atoms with Crippen molar-refractivity contribution in [2.24, 2.45) is 0 Å². The van der Waals surface area contributed by atoms with Crippen LogP contribution in [0.5, 0.6) is 23.0 Å². The van der Waals surface area contributed by atoms with Crippen molar-refractivity contribution >= 4 is 11.9 Å². The number of benzene rings is 2. The van der Waals surface area contributed by atoms with Crippen LogP contribution in [0.15, 0.2) is 54.7 Å². The Kier molecular flexibility index (Phi) is 5.81. The predicted molar refractivity (Wildman–Crippen MR) is 131 cm³/mol. The van der Waals surface area contributed by atoms with Crippen LogP contribution in [-0.4, -0.2) is 37.4 Å². The molecule has 1 amide bonds. The minimum atomic E-state index is -3.73. The zero-order valence-corrected chi connectivity index (χ0v) is 21.0. The second-order valence-corrected chi connectivity index (χ2v) is 9.65. The Morgan fingerprint density at radius 2 is 1.79 bits per heavy atom. The third kappa shape index (κ3) is 4.47. The molecule has 0 saturated heterocycles. The van der Waals surface area contributed by atoms with Crippen molar-refractivity contribution in [2.45, 2.75) is 43.1 Å². The largest absolute Gasteiger partial charge is 0.586 e. The number of alkyl halides is 2. The number of hydrogen-bond donors (Lipinski definition) is 1. The molecule has 202 valence electrons. The predicted octanol–water partition coefficient (Wildman–Crippen LogP) is 4.61. The molecule has 3 aliphatic rings. The number of carbonyl (C=O) groups excluding carboxylic acids is 2. The summed E-state index contributed by atoms with van der Waals surface area (Å²) in [6.45, 7) is 0. The molecule has 2 aliphatic heterocycles. The second kappa shape index (κ2) is 9.11. The van der Waals surface area contributed by atoms with Gasteiger partial charge in [0.05, 0.1) is 36.9 Å². The van der Waals surface area contributed by atoms with Crippen LogP contribution in [0.1, 0.15) is 58.6 Å². The quantitative estimate of drug-likeness (QED) is 0.454. The lowest BCUT2D eigenvalue weighted by atomic mass is 9.91. The molecule has 2 aromatic carbocycles. The first-order valence-electron chi connectivity index (χ1n) is 12.3. The molecule has 11 heteroatoms. The lowest BCUT2D eigenvalue weighted by Gasteiger charge is -2.33. The number of amides is 1. The maximum Gasteiger partial charge on any atom is 0.586 e. The number of carbonyl (C=O) groups is 2. The molecule has 1 aliphatic carbocycles. The van der Waals surface area contributed by atoms with E-state index >= 15 is 0 Å². The first kappa shape index (κ1) is 24.9. The van der Waals surface area contributed by atoms with Gasteiger partial charge in [-0.2, -0.15) is 0 Å². The van der Waals surface area contributed by atoms with E-state index in [1.54, 1.807) is 37.4 Å². The number of halogens is 2. The highest BCUT2D eigenvalue weighted by molar-refractivity contribution is 5.92. The van der Waals surface area contributed by atoms with Crippen molar-refractivity contribution < 1.29 is 42.1 Å². The fourth-order valence-electron chi connectivity index (χ4n) is 5.04. The van der Waals surface area contributed by atoms with Crippen molar-refractivity contribution in [3.63, 3.8) is 0 Å². The zero-order chi connectivity index (χ0) is 27.4. The summed E-state index contributed by atoms with van der Waals surface area (Å²) in [5, 5.41) is 3.15. The van der Waals surface area contributed by atoms with Crippen LogP contribution in [-0.2, 0) is 14.9 Å². The molecule has 1 aromatic heterocycles. The summed E-state index contributed by atoms with van der Waals surface area (Å²) in [5.41, 5.74) is 1.37. The highest BCUT2D eigenvalue weighted by Gasteiger charge is 2.53. The number of aromatic nitrogens is 1. The Bertz CT molecular complexity index is 1460. The highest BCUT2D eigenvalue weighted by Crippen LogP contribution is 2.52. The van der Waals surface area contributed by atoms with Gasteiger partial charge in [-0.25, -0.2) is 4.79 Å². The summed E-state index contributed by atoms with van der Waals surface area (Å²) < 4.78 is 52.5. The standard InChI is InChI=1S/C28H24F2N2O7/c1-35-17-5-6-18-20(13-23(37-22(18)12-17)19-7-3-15(14-31-19)25(33)36-2)32-26(34)27(9-10-27)16-4-8-21-24(11-16)39-28(29,30)38-21/h3-8,11-12,14,20,23H,9-10,13H2,1-2H3,(H,32,34)/t20-,23-/m0/s1. The minimum Gasteiger partial charge on any atom is -0.497 e. The van der Waals surface area contributed by atoms with Crippen molar-refractivity contribution in [1.29, 1.82) is 0 Å². The van der Waals surface area contributed by atoms with Gasteiger partial charge in [0.15, 0.2) is 11.5 Å². The summed E-state index contributed by atoms with van der Waals surface area (Å²) in [4.78, 5) is 29.9. The number of nitrogens with zero attached hydrogens (tertiary/aromatic N) is 1. The molecule has 39 heavy (non-hydrogen) atoms. The molecule has 6 rings (SSSR count).